The molecule has 0 aliphatic rings. The van der Waals surface area contributed by atoms with E-state index in [0.717, 1.165) is 18.5 Å². The van der Waals surface area contributed by atoms with Crippen LogP contribution in [0.1, 0.15) is 54.3 Å². The van der Waals surface area contributed by atoms with Gasteiger partial charge in [-0.3, -0.25) is 9.48 Å². The third kappa shape index (κ3) is 3.59. The second-order valence-electron chi connectivity index (χ2n) is 5.70. The fourth-order valence-electron chi connectivity index (χ4n) is 2.83. The van der Waals surface area contributed by atoms with Gasteiger partial charge in [0, 0.05) is 16.9 Å². The number of hydrogen-bond donors (Lipinski definition) is 2. The maximum absolute atomic E-state index is 12.5. The van der Waals surface area contributed by atoms with Gasteiger partial charge in [-0.25, -0.2) is 0 Å². The van der Waals surface area contributed by atoms with Crippen molar-refractivity contribution in [1.82, 2.24) is 9.78 Å². The highest BCUT2D eigenvalue weighted by molar-refractivity contribution is 6.05. The number of anilines is 1. The van der Waals surface area contributed by atoms with Crippen molar-refractivity contribution in [2.24, 2.45) is 0 Å². The first-order valence-corrected chi connectivity index (χ1v) is 8.18. The fraction of sp³-hybridized carbons (Fsp3) is 0.444. The summed E-state index contributed by atoms with van der Waals surface area (Å²) in [6, 6.07) is 5.48. The Morgan fingerprint density at radius 2 is 2.08 bits per heavy atom. The van der Waals surface area contributed by atoms with Gasteiger partial charge in [-0.2, -0.15) is 5.10 Å². The Labute approximate surface area is 142 Å². The fourth-order valence-corrected chi connectivity index (χ4v) is 2.83. The minimum absolute atomic E-state index is 0.154. The number of benzene rings is 1. The Bertz CT molecular complexity index is 706. The SMILES string of the molecule is CCC(CC)n1ncc(C(=O)Nc2ccc(OC)c(CO)c2)c1C. The molecule has 0 radical (unpaired) electrons. The van der Waals surface area contributed by atoms with Crippen molar-refractivity contribution in [3.05, 3.63) is 41.2 Å². The number of ether oxygens (including phenoxy) is 1. The van der Waals surface area contributed by atoms with E-state index in [1.54, 1.807) is 31.5 Å². The lowest BCUT2D eigenvalue weighted by Gasteiger charge is -2.15. The van der Waals surface area contributed by atoms with Gasteiger partial charge in [-0.15, -0.1) is 0 Å². The van der Waals surface area contributed by atoms with Crippen LogP contribution in [0.5, 0.6) is 5.75 Å². The molecule has 0 saturated heterocycles. The first-order chi connectivity index (χ1) is 11.5. The number of nitrogens with one attached hydrogen (secondary N) is 1. The van der Waals surface area contributed by atoms with Crippen molar-refractivity contribution in [3.63, 3.8) is 0 Å². The molecule has 2 aromatic rings. The summed E-state index contributed by atoms with van der Waals surface area (Å²) in [4.78, 5) is 12.5. The molecule has 1 aromatic carbocycles. The second-order valence-corrected chi connectivity index (χ2v) is 5.70. The largest absolute Gasteiger partial charge is 0.496 e. The normalized spacial score (nSPS) is 10.9. The van der Waals surface area contributed by atoms with Gasteiger partial charge < -0.3 is 15.2 Å². The summed E-state index contributed by atoms with van der Waals surface area (Å²) in [5, 5.41) is 16.6. The van der Waals surface area contributed by atoms with Gasteiger partial charge in [0.2, 0.25) is 0 Å². The molecular weight excluding hydrogens is 306 g/mol. The Morgan fingerprint density at radius 1 is 1.38 bits per heavy atom. The summed E-state index contributed by atoms with van der Waals surface area (Å²) in [5.74, 6) is 0.381. The molecule has 1 aromatic heterocycles. The minimum atomic E-state index is -0.209. The monoisotopic (exact) mass is 331 g/mol. The van der Waals surface area contributed by atoms with Crippen LogP contribution in [0.3, 0.4) is 0 Å². The van der Waals surface area contributed by atoms with Gasteiger partial charge in [-0.05, 0) is 38.0 Å². The standard InChI is InChI=1S/C18H25N3O3/c1-5-15(6-2)21-12(3)16(10-19-21)18(23)20-14-7-8-17(24-4)13(9-14)11-22/h7-10,15,22H,5-6,11H2,1-4H3,(H,20,23). The van der Waals surface area contributed by atoms with Crippen LogP contribution in [0, 0.1) is 6.92 Å². The molecule has 6 heteroatoms. The molecule has 24 heavy (non-hydrogen) atoms. The van der Waals surface area contributed by atoms with Crippen LogP contribution in [-0.4, -0.2) is 27.9 Å². The van der Waals surface area contributed by atoms with E-state index < -0.39 is 0 Å². The Kier molecular flexibility index (Phi) is 5.98. The zero-order valence-corrected chi connectivity index (χ0v) is 14.7. The highest BCUT2D eigenvalue weighted by atomic mass is 16.5. The average molecular weight is 331 g/mol. The van der Waals surface area contributed by atoms with Gasteiger partial charge >= 0.3 is 0 Å². The molecule has 0 fully saturated rings. The van der Waals surface area contributed by atoms with E-state index in [-0.39, 0.29) is 12.5 Å². The summed E-state index contributed by atoms with van der Waals surface area (Å²) in [6.07, 6.45) is 3.55. The quantitative estimate of drug-likeness (QED) is 0.816. The average Bonchev–Trinajstić information content (AvgIpc) is 2.97. The number of carbonyl (C=O) groups is 1. The first-order valence-electron chi connectivity index (χ1n) is 8.18. The van der Waals surface area contributed by atoms with Crippen molar-refractivity contribution in [3.8, 4) is 5.75 Å². The number of hydrogen-bond acceptors (Lipinski definition) is 4. The van der Waals surface area contributed by atoms with Crippen molar-refractivity contribution in [1.29, 1.82) is 0 Å². The molecule has 0 atom stereocenters. The van der Waals surface area contributed by atoms with Gasteiger partial charge in [-0.1, -0.05) is 13.8 Å². The van der Waals surface area contributed by atoms with Crippen LogP contribution < -0.4 is 10.1 Å². The van der Waals surface area contributed by atoms with E-state index in [0.29, 0.717) is 28.6 Å². The van der Waals surface area contributed by atoms with E-state index in [9.17, 15) is 9.90 Å². The van der Waals surface area contributed by atoms with Crippen LogP contribution in [0.4, 0.5) is 5.69 Å². The van der Waals surface area contributed by atoms with Crippen LogP contribution in [-0.2, 0) is 6.61 Å². The predicted molar refractivity (Wildman–Crippen MR) is 93.5 cm³/mol. The maximum atomic E-state index is 12.5. The predicted octanol–water partition coefficient (Wildman–Crippen LogP) is 3.31. The Morgan fingerprint density at radius 3 is 2.67 bits per heavy atom. The van der Waals surface area contributed by atoms with E-state index in [1.165, 1.54) is 0 Å². The van der Waals surface area contributed by atoms with Crippen molar-refractivity contribution < 1.29 is 14.6 Å². The molecular formula is C18H25N3O3. The highest BCUT2D eigenvalue weighted by Gasteiger charge is 2.18. The third-order valence-corrected chi connectivity index (χ3v) is 4.29. The van der Waals surface area contributed by atoms with Gasteiger partial charge in [0.15, 0.2) is 0 Å². The van der Waals surface area contributed by atoms with Crippen LogP contribution >= 0.6 is 0 Å². The molecule has 0 saturated carbocycles. The van der Waals surface area contributed by atoms with E-state index >= 15 is 0 Å². The van der Waals surface area contributed by atoms with E-state index in [2.05, 4.69) is 24.3 Å². The highest BCUT2D eigenvalue weighted by Crippen LogP contribution is 2.24. The summed E-state index contributed by atoms with van der Waals surface area (Å²) in [5.41, 5.74) is 2.65. The number of carbonyl (C=O) groups excluding carboxylic acids is 1. The zero-order chi connectivity index (χ0) is 17.7. The lowest BCUT2D eigenvalue weighted by Crippen LogP contribution is -2.15. The number of aliphatic hydroxyl groups is 1. The summed E-state index contributed by atoms with van der Waals surface area (Å²) >= 11 is 0. The number of nitrogens with zero attached hydrogens (tertiary/aromatic N) is 2. The first kappa shape index (κ1) is 18.0. The Hall–Kier alpha value is -2.34. The molecule has 0 spiro atoms. The number of rotatable bonds is 7. The lowest BCUT2D eigenvalue weighted by molar-refractivity contribution is 0.102. The maximum Gasteiger partial charge on any atom is 0.259 e. The van der Waals surface area contributed by atoms with Gasteiger partial charge in [0.05, 0.1) is 31.5 Å². The molecule has 6 nitrogen and oxygen atoms in total. The second kappa shape index (κ2) is 7.97. The molecule has 130 valence electrons. The zero-order valence-electron chi connectivity index (χ0n) is 14.7. The molecule has 0 aliphatic heterocycles. The van der Waals surface area contributed by atoms with E-state index in [1.807, 2.05) is 11.6 Å². The molecule has 0 unspecified atom stereocenters. The minimum Gasteiger partial charge on any atom is -0.496 e. The summed E-state index contributed by atoms with van der Waals surface area (Å²) in [7, 11) is 1.54. The smallest absolute Gasteiger partial charge is 0.259 e. The molecule has 2 N–H and O–H groups in total. The summed E-state index contributed by atoms with van der Waals surface area (Å²) < 4.78 is 7.09. The van der Waals surface area contributed by atoms with Gasteiger partial charge in [0.1, 0.15) is 5.75 Å². The van der Waals surface area contributed by atoms with Gasteiger partial charge in [0.25, 0.3) is 5.91 Å². The molecule has 2 rings (SSSR count). The van der Waals surface area contributed by atoms with Crippen molar-refractivity contribution in [2.75, 3.05) is 12.4 Å². The molecule has 1 amide bonds. The van der Waals surface area contributed by atoms with Crippen molar-refractivity contribution >= 4 is 11.6 Å². The Balaban J connectivity index is 2.21. The number of aliphatic hydroxyl groups excluding tert-OH is 1. The number of amides is 1. The molecule has 0 aliphatic carbocycles. The van der Waals surface area contributed by atoms with Crippen molar-refractivity contribution in [2.45, 2.75) is 46.3 Å². The van der Waals surface area contributed by atoms with Crippen LogP contribution in [0.15, 0.2) is 24.4 Å². The van der Waals surface area contributed by atoms with Crippen LogP contribution in [0.2, 0.25) is 0 Å². The van der Waals surface area contributed by atoms with E-state index in [4.69, 9.17) is 4.74 Å². The third-order valence-electron chi connectivity index (χ3n) is 4.29. The molecule has 1 heterocycles. The van der Waals surface area contributed by atoms with Crippen LogP contribution in [0.25, 0.3) is 0 Å². The summed E-state index contributed by atoms with van der Waals surface area (Å²) in [6.45, 7) is 5.98. The molecule has 0 bridgehead atoms. The number of methoxy groups -OCH3 is 1. The topological polar surface area (TPSA) is 76.4 Å². The lowest BCUT2D eigenvalue weighted by atomic mass is 10.1. The number of aromatic nitrogens is 2.